The minimum Gasteiger partial charge on any atom is -0.316 e. The number of thiophene rings is 1. The molecule has 1 unspecified atom stereocenters. The third kappa shape index (κ3) is 4.73. The molecule has 9 heteroatoms. The van der Waals surface area contributed by atoms with Crippen molar-refractivity contribution in [1.29, 1.82) is 0 Å². The standard InChI is InChI=1S/C12H17N3O2S3.ClH/c1-8(13-3)6-14-20(16,17)12-5-4-11(19-12)10-7-18-9(2)15-10;/h4-5,7-8,13-14H,6H2,1-3H3;1H. The lowest BCUT2D eigenvalue weighted by Crippen LogP contribution is -2.36. The predicted octanol–water partition coefficient (Wildman–Crippen LogP) is 2.49. The number of nitrogens with one attached hydrogen (secondary N) is 2. The Morgan fingerprint density at radius 1 is 1.38 bits per heavy atom. The van der Waals surface area contributed by atoms with Crippen molar-refractivity contribution in [3.8, 4) is 10.6 Å². The van der Waals surface area contributed by atoms with E-state index in [-0.39, 0.29) is 18.4 Å². The number of rotatable bonds is 6. The minimum absolute atomic E-state index is 0. The first kappa shape index (κ1) is 18.5. The molecule has 5 nitrogen and oxygen atoms in total. The van der Waals surface area contributed by atoms with Crippen LogP contribution in [0, 0.1) is 6.92 Å². The van der Waals surface area contributed by atoms with Gasteiger partial charge in [0.05, 0.1) is 15.6 Å². The van der Waals surface area contributed by atoms with Gasteiger partial charge in [-0.15, -0.1) is 35.1 Å². The molecule has 0 saturated carbocycles. The van der Waals surface area contributed by atoms with Gasteiger partial charge in [-0.1, -0.05) is 0 Å². The fourth-order valence-electron chi connectivity index (χ4n) is 1.49. The first-order valence-corrected chi connectivity index (χ1v) is 9.29. The summed E-state index contributed by atoms with van der Waals surface area (Å²) >= 11 is 2.79. The van der Waals surface area contributed by atoms with E-state index in [1.807, 2.05) is 19.2 Å². The summed E-state index contributed by atoms with van der Waals surface area (Å²) in [5.41, 5.74) is 0.836. The van der Waals surface area contributed by atoms with Crippen molar-refractivity contribution in [1.82, 2.24) is 15.0 Å². The monoisotopic (exact) mass is 367 g/mol. The fraction of sp³-hybridized carbons (Fsp3) is 0.417. The highest BCUT2D eigenvalue weighted by molar-refractivity contribution is 7.91. The number of aryl methyl sites for hydroxylation is 1. The van der Waals surface area contributed by atoms with Gasteiger partial charge in [-0.05, 0) is 33.0 Å². The van der Waals surface area contributed by atoms with Crippen molar-refractivity contribution in [2.24, 2.45) is 0 Å². The van der Waals surface area contributed by atoms with Crippen LogP contribution in [0.25, 0.3) is 10.6 Å². The lowest BCUT2D eigenvalue weighted by atomic mass is 10.4. The van der Waals surface area contributed by atoms with Crippen LogP contribution in [0.15, 0.2) is 21.7 Å². The summed E-state index contributed by atoms with van der Waals surface area (Å²) in [4.78, 5) is 5.24. The first-order chi connectivity index (χ1) is 9.42. The zero-order valence-electron chi connectivity index (χ0n) is 11.9. The third-order valence-corrected chi connectivity index (χ3v) is 6.59. The Morgan fingerprint density at radius 3 is 2.67 bits per heavy atom. The molecular formula is C12H18ClN3O2S3. The van der Waals surface area contributed by atoms with Crippen molar-refractivity contribution in [3.05, 3.63) is 22.5 Å². The van der Waals surface area contributed by atoms with E-state index in [0.717, 1.165) is 15.6 Å². The van der Waals surface area contributed by atoms with E-state index >= 15 is 0 Å². The maximum atomic E-state index is 12.2. The first-order valence-electron chi connectivity index (χ1n) is 6.11. The Morgan fingerprint density at radius 2 is 2.10 bits per heavy atom. The van der Waals surface area contributed by atoms with E-state index in [0.29, 0.717) is 10.8 Å². The molecule has 21 heavy (non-hydrogen) atoms. The van der Waals surface area contributed by atoms with Crippen molar-refractivity contribution in [2.45, 2.75) is 24.1 Å². The van der Waals surface area contributed by atoms with E-state index in [1.54, 1.807) is 30.5 Å². The summed E-state index contributed by atoms with van der Waals surface area (Å²) in [5.74, 6) is 0. The molecule has 0 saturated heterocycles. The fourth-order valence-corrected chi connectivity index (χ4v) is 4.62. The molecule has 0 amide bonds. The van der Waals surface area contributed by atoms with Gasteiger partial charge in [0.25, 0.3) is 0 Å². The summed E-state index contributed by atoms with van der Waals surface area (Å²) in [6.45, 7) is 4.21. The molecule has 2 N–H and O–H groups in total. The van der Waals surface area contributed by atoms with Gasteiger partial charge < -0.3 is 5.32 Å². The summed E-state index contributed by atoms with van der Waals surface area (Å²) in [7, 11) is -1.64. The van der Waals surface area contributed by atoms with Crippen LogP contribution in [0.5, 0.6) is 0 Å². The predicted molar refractivity (Wildman–Crippen MR) is 91.1 cm³/mol. The average Bonchev–Trinajstić information content (AvgIpc) is 3.04. The molecule has 0 fully saturated rings. The van der Waals surface area contributed by atoms with Gasteiger partial charge in [-0.25, -0.2) is 18.1 Å². The minimum atomic E-state index is -3.44. The molecule has 2 aromatic rings. The van der Waals surface area contributed by atoms with E-state index in [1.165, 1.54) is 11.3 Å². The molecule has 118 valence electrons. The van der Waals surface area contributed by atoms with Crippen LogP contribution >= 0.6 is 35.1 Å². The quantitative estimate of drug-likeness (QED) is 0.822. The van der Waals surface area contributed by atoms with Gasteiger partial charge in [0.15, 0.2) is 0 Å². The van der Waals surface area contributed by atoms with Gasteiger partial charge in [-0.2, -0.15) is 0 Å². The number of likely N-dealkylation sites (N-methyl/N-ethyl adjacent to an activating group) is 1. The summed E-state index contributed by atoms with van der Waals surface area (Å²) in [5, 5.41) is 5.90. The molecule has 0 aliphatic heterocycles. The summed E-state index contributed by atoms with van der Waals surface area (Å²) in [6.07, 6.45) is 0. The highest BCUT2D eigenvalue weighted by Gasteiger charge is 2.18. The SMILES string of the molecule is CNC(C)CNS(=O)(=O)c1ccc(-c2csc(C)n2)s1.Cl. The molecule has 2 heterocycles. The topological polar surface area (TPSA) is 71.1 Å². The zero-order valence-corrected chi connectivity index (χ0v) is 15.2. The van der Waals surface area contributed by atoms with Crippen LogP contribution in [-0.2, 0) is 10.0 Å². The second-order valence-corrected chi connectivity index (χ2v) is 8.55. The van der Waals surface area contributed by atoms with Crippen molar-refractivity contribution in [3.63, 3.8) is 0 Å². The molecule has 0 aromatic carbocycles. The van der Waals surface area contributed by atoms with E-state index < -0.39 is 10.0 Å². The van der Waals surface area contributed by atoms with Crippen molar-refractivity contribution < 1.29 is 8.42 Å². The van der Waals surface area contributed by atoms with E-state index in [4.69, 9.17) is 0 Å². The van der Waals surface area contributed by atoms with Gasteiger partial charge in [0.1, 0.15) is 4.21 Å². The largest absolute Gasteiger partial charge is 0.316 e. The van der Waals surface area contributed by atoms with Gasteiger partial charge in [0, 0.05) is 18.0 Å². The molecule has 0 bridgehead atoms. The maximum absolute atomic E-state index is 12.2. The molecule has 0 radical (unpaired) electrons. The Labute approximate surface area is 139 Å². The number of thiazole rings is 1. The van der Waals surface area contributed by atoms with Gasteiger partial charge in [0.2, 0.25) is 10.0 Å². The normalized spacial score (nSPS) is 12.9. The van der Waals surface area contributed by atoms with Crippen LogP contribution in [0.1, 0.15) is 11.9 Å². The lowest BCUT2D eigenvalue weighted by Gasteiger charge is -2.10. The third-order valence-electron chi connectivity index (χ3n) is 2.79. The number of hydrogen-bond donors (Lipinski definition) is 2. The van der Waals surface area contributed by atoms with E-state index in [9.17, 15) is 8.42 Å². The highest BCUT2D eigenvalue weighted by Crippen LogP contribution is 2.31. The molecular weight excluding hydrogens is 350 g/mol. The molecule has 2 aromatic heterocycles. The smallest absolute Gasteiger partial charge is 0.250 e. The van der Waals surface area contributed by atoms with Gasteiger partial charge >= 0.3 is 0 Å². The number of aromatic nitrogens is 1. The van der Waals surface area contributed by atoms with E-state index in [2.05, 4.69) is 15.0 Å². The second kappa shape index (κ2) is 7.66. The van der Waals surface area contributed by atoms with Crippen LogP contribution in [0.4, 0.5) is 0 Å². The van der Waals surface area contributed by atoms with Gasteiger partial charge in [-0.3, -0.25) is 0 Å². The number of halogens is 1. The van der Waals surface area contributed by atoms with Crippen molar-refractivity contribution >= 4 is 45.1 Å². The number of nitrogens with zero attached hydrogens (tertiary/aromatic N) is 1. The molecule has 2 rings (SSSR count). The van der Waals surface area contributed by atoms with Crippen LogP contribution in [0.3, 0.4) is 0 Å². The van der Waals surface area contributed by atoms with Crippen molar-refractivity contribution in [2.75, 3.05) is 13.6 Å². The average molecular weight is 368 g/mol. The highest BCUT2D eigenvalue weighted by atomic mass is 35.5. The number of sulfonamides is 1. The van der Waals surface area contributed by atoms with Crippen LogP contribution < -0.4 is 10.0 Å². The molecule has 0 aliphatic rings. The maximum Gasteiger partial charge on any atom is 0.250 e. The Balaban J connectivity index is 0.00000220. The second-order valence-electron chi connectivity index (χ2n) is 4.41. The molecule has 1 atom stereocenters. The molecule has 0 spiro atoms. The summed E-state index contributed by atoms with van der Waals surface area (Å²) in [6, 6.07) is 3.52. The zero-order chi connectivity index (χ0) is 14.8. The molecule has 0 aliphatic carbocycles. The number of hydrogen-bond acceptors (Lipinski definition) is 6. The summed E-state index contributed by atoms with van der Waals surface area (Å²) < 4.78 is 27.2. The Bertz CT molecular complexity index is 681. The lowest BCUT2D eigenvalue weighted by molar-refractivity contribution is 0.556. The van der Waals surface area contributed by atoms with Crippen LogP contribution in [0.2, 0.25) is 0 Å². The Hall–Kier alpha value is -0.510. The van der Waals surface area contributed by atoms with Crippen LogP contribution in [-0.4, -0.2) is 33.0 Å². The Kier molecular flexibility index (Phi) is 6.76.